The van der Waals surface area contributed by atoms with Gasteiger partial charge in [-0.1, -0.05) is 26.8 Å². The Bertz CT molecular complexity index is 581. The number of hydrogen-bond donors (Lipinski definition) is 1. The molecular weight excluding hydrogens is 252 g/mol. The molecular formula is C16H20N2O2. The molecule has 2 bridgehead atoms. The van der Waals surface area contributed by atoms with Gasteiger partial charge in [0.25, 0.3) is 0 Å². The summed E-state index contributed by atoms with van der Waals surface area (Å²) in [7, 11) is 0. The van der Waals surface area contributed by atoms with E-state index in [4.69, 9.17) is 0 Å². The van der Waals surface area contributed by atoms with E-state index in [0.717, 1.165) is 12.8 Å². The average molecular weight is 272 g/mol. The second-order valence-electron chi connectivity index (χ2n) is 6.81. The molecule has 20 heavy (non-hydrogen) atoms. The number of aromatic nitrogens is 1. The third-order valence-electron chi connectivity index (χ3n) is 6.05. The van der Waals surface area contributed by atoms with Crippen molar-refractivity contribution in [3.05, 3.63) is 24.4 Å². The highest BCUT2D eigenvalue weighted by molar-refractivity contribution is 6.04. The van der Waals surface area contributed by atoms with E-state index >= 15 is 0 Å². The fraction of sp³-hybridized carbons (Fsp3) is 0.562. The fourth-order valence-electron chi connectivity index (χ4n) is 4.03. The maximum atomic E-state index is 12.8. The Morgan fingerprint density at radius 1 is 1.25 bits per heavy atom. The number of nitrogens with one attached hydrogen (secondary N) is 1. The zero-order chi connectivity index (χ0) is 14.6. The van der Waals surface area contributed by atoms with Gasteiger partial charge in [0.1, 0.15) is 11.6 Å². The number of carbonyl (C=O) groups is 2. The molecule has 3 rings (SSSR count). The van der Waals surface area contributed by atoms with Gasteiger partial charge >= 0.3 is 0 Å². The number of rotatable bonds is 2. The van der Waals surface area contributed by atoms with Crippen LogP contribution < -0.4 is 5.32 Å². The number of anilines is 1. The molecule has 2 aliphatic rings. The first-order chi connectivity index (χ1) is 9.33. The van der Waals surface area contributed by atoms with Crippen LogP contribution in [0.3, 0.4) is 0 Å². The molecule has 2 unspecified atom stereocenters. The van der Waals surface area contributed by atoms with Gasteiger partial charge in [0.2, 0.25) is 5.91 Å². The van der Waals surface area contributed by atoms with E-state index in [2.05, 4.69) is 24.1 Å². The van der Waals surface area contributed by atoms with Crippen LogP contribution in [0.5, 0.6) is 0 Å². The lowest BCUT2D eigenvalue weighted by molar-refractivity contribution is -0.131. The van der Waals surface area contributed by atoms with Gasteiger partial charge in [-0.05, 0) is 30.4 Å². The van der Waals surface area contributed by atoms with Gasteiger partial charge in [-0.2, -0.15) is 0 Å². The van der Waals surface area contributed by atoms with Crippen molar-refractivity contribution < 1.29 is 9.59 Å². The van der Waals surface area contributed by atoms with E-state index in [0.29, 0.717) is 12.2 Å². The molecule has 106 valence electrons. The van der Waals surface area contributed by atoms with Crippen LogP contribution in [0, 0.1) is 16.2 Å². The van der Waals surface area contributed by atoms with Gasteiger partial charge in [0.15, 0.2) is 0 Å². The van der Waals surface area contributed by atoms with Crippen molar-refractivity contribution in [1.82, 2.24) is 4.98 Å². The van der Waals surface area contributed by atoms with Gasteiger partial charge < -0.3 is 5.32 Å². The summed E-state index contributed by atoms with van der Waals surface area (Å²) >= 11 is 0. The molecule has 0 radical (unpaired) electrons. The second kappa shape index (κ2) is 3.90. The van der Waals surface area contributed by atoms with Crippen LogP contribution in [0.2, 0.25) is 0 Å². The third kappa shape index (κ3) is 1.39. The van der Waals surface area contributed by atoms with E-state index in [1.807, 2.05) is 19.1 Å². The van der Waals surface area contributed by atoms with Crippen LogP contribution in [-0.2, 0) is 9.59 Å². The Kier molecular flexibility index (Phi) is 2.59. The Labute approximate surface area is 119 Å². The normalized spacial score (nSPS) is 34.2. The molecule has 1 aromatic rings. The zero-order valence-electron chi connectivity index (χ0n) is 12.2. The first kappa shape index (κ1) is 13.3. The van der Waals surface area contributed by atoms with Crippen molar-refractivity contribution in [2.24, 2.45) is 16.2 Å². The molecule has 1 aromatic heterocycles. The molecule has 4 nitrogen and oxygen atoms in total. The lowest BCUT2D eigenvalue weighted by Crippen LogP contribution is -2.43. The van der Waals surface area contributed by atoms with Crippen LogP contribution in [-0.4, -0.2) is 16.7 Å². The highest BCUT2D eigenvalue weighted by Crippen LogP contribution is 2.70. The molecule has 1 heterocycles. The van der Waals surface area contributed by atoms with Gasteiger partial charge in [-0.3, -0.25) is 9.59 Å². The van der Waals surface area contributed by atoms with Crippen LogP contribution in [0.25, 0.3) is 0 Å². The number of carbonyl (C=O) groups excluding carboxylic acids is 2. The number of nitrogens with zero attached hydrogens (tertiary/aromatic N) is 1. The minimum absolute atomic E-state index is 0.0595. The van der Waals surface area contributed by atoms with Gasteiger partial charge in [0.05, 0.1) is 5.41 Å². The van der Waals surface area contributed by atoms with Crippen LogP contribution >= 0.6 is 0 Å². The highest BCUT2D eigenvalue weighted by Gasteiger charge is 2.72. The van der Waals surface area contributed by atoms with E-state index < -0.39 is 5.41 Å². The molecule has 0 aromatic carbocycles. The quantitative estimate of drug-likeness (QED) is 0.900. The van der Waals surface area contributed by atoms with E-state index in [1.54, 1.807) is 12.3 Å². The van der Waals surface area contributed by atoms with Gasteiger partial charge in [-0.15, -0.1) is 0 Å². The third-order valence-corrected chi connectivity index (χ3v) is 6.05. The topological polar surface area (TPSA) is 59.1 Å². The zero-order valence-corrected chi connectivity index (χ0v) is 12.2. The Hall–Kier alpha value is -1.71. The van der Waals surface area contributed by atoms with Crippen LogP contribution in [0.15, 0.2) is 24.4 Å². The monoisotopic (exact) mass is 272 g/mol. The molecule has 2 fully saturated rings. The lowest BCUT2D eigenvalue weighted by Gasteiger charge is -2.38. The molecule has 2 aliphatic carbocycles. The molecule has 0 spiro atoms. The number of pyridine rings is 1. The minimum Gasteiger partial charge on any atom is -0.310 e. The van der Waals surface area contributed by atoms with Crippen LogP contribution in [0.4, 0.5) is 5.82 Å². The Morgan fingerprint density at radius 3 is 2.50 bits per heavy atom. The maximum Gasteiger partial charge on any atom is 0.232 e. The first-order valence-corrected chi connectivity index (χ1v) is 7.09. The number of hydrogen-bond acceptors (Lipinski definition) is 3. The van der Waals surface area contributed by atoms with Crippen molar-refractivity contribution in [3.8, 4) is 0 Å². The molecule has 0 saturated heterocycles. The second-order valence-corrected chi connectivity index (χ2v) is 6.81. The van der Waals surface area contributed by atoms with Gasteiger partial charge in [-0.25, -0.2) is 4.98 Å². The smallest absolute Gasteiger partial charge is 0.232 e. The van der Waals surface area contributed by atoms with Crippen molar-refractivity contribution in [3.63, 3.8) is 0 Å². The predicted molar refractivity (Wildman–Crippen MR) is 76.0 cm³/mol. The highest BCUT2D eigenvalue weighted by atomic mass is 16.2. The number of ketones is 1. The van der Waals surface area contributed by atoms with E-state index in [1.165, 1.54) is 0 Å². The maximum absolute atomic E-state index is 12.8. The Morgan fingerprint density at radius 2 is 2.00 bits per heavy atom. The summed E-state index contributed by atoms with van der Waals surface area (Å²) in [6.07, 6.45) is 3.58. The molecule has 2 saturated carbocycles. The molecule has 2 atom stereocenters. The van der Waals surface area contributed by atoms with Crippen molar-refractivity contribution in [1.29, 1.82) is 0 Å². The summed E-state index contributed by atoms with van der Waals surface area (Å²) in [6.45, 7) is 6.13. The Balaban J connectivity index is 1.94. The van der Waals surface area contributed by atoms with Gasteiger partial charge in [0, 0.05) is 18.0 Å². The predicted octanol–water partition coefficient (Wildman–Crippen LogP) is 2.81. The summed E-state index contributed by atoms with van der Waals surface area (Å²) in [6, 6.07) is 5.42. The van der Waals surface area contributed by atoms with Crippen molar-refractivity contribution in [2.45, 2.75) is 40.0 Å². The molecule has 1 N–H and O–H groups in total. The first-order valence-electron chi connectivity index (χ1n) is 7.09. The van der Waals surface area contributed by atoms with E-state index in [9.17, 15) is 9.59 Å². The molecule has 0 aliphatic heterocycles. The summed E-state index contributed by atoms with van der Waals surface area (Å²) in [4.78, 5) is 29.3. The molecule has 4 heteroatoms. The summed E-state index contributed by atoms with van der Waals surface area (Å²) in [5.41, 5.74) is -1.26. The number of Topliss-reactive ketones (excluding diaryl/α,β-unsaturated/α-hetero) is 1. The van der Waals surface area contributed by atoms with Crippen molar-refractivity contribution in [2.75, 3.05) is 5.32 Å². The summed E-state index contributed by atoms with van der Waals surface area (Å²) in [5.74, 6) is 0.719. The summed E-state index contributed by atoms with van der Waals surface area (Å²) in [5, 5.41) is 2.89. The molecule has 1 amide bonds. The summed E-state index contributed by atoms with van der Waals surface area (Å²) < 4.78 is 0. The number of amides is 1. The largest absolute Gasteiger partial charge is 0.310 e. The SMILES string of the molecule is CC12CCC(C(=O)Nc3ccccn3)(CC1=O)C2(C)C. The number of fused-ring (bicyclic) bond motifs is 2. The standard InChI is InChI=1S/C16H20N2O2/c1-14(2)15(3)7-8-16(14,10-11(15)19)13(20)18-12-6-4-5-9-17-12/h4-6,9H,7-8,10H2,1-3H3,(H,17,18,20). The lowest BCUT2D eigenvalue weighted by atomic mass is 9.64. The fourth-order valence-corrected chi connectivity index (χ4v) is 4.03. The van der Waals surface area contributed by atoms with Crippen LogP contribution in [0.1, 0.15) is 40.0 Å². The minimum atomic E-state index is -0.587. The average Bonchev–Trinajstić information content (AvgIpc) is 2.70. The van der Waals surface area contributed by atoms with Crippen molar-refractivity contribution >= 4 is 17.5 Å². The van der Waals surface area contributed by atoms with E-state index in [-0.39, 0.29) is 22.5 Å².